The summed E-state index contributed by atoms with van der Waals surface area (Å²) < 4.78 is 43.9. The van der Waals surface area contributed by atoms with Crippen LogP contribution in [0.3, 0.4) is 0 Å². The van der Waals surface area contributed by atoms with Gasteiger partial charge >= 0.3 is 6.18 Å². The van der Waals surface area contributed by atoms with Gasteiger partial charge in [-0.25, -0.2) is 4.98 Å². The highest BCUT2D eigenvalue weighted by molar-refractivity contribution is 6.90. The molecule has 10 heteroatoms. The van der Waals surface area contributed by atoms with Crippen LogP contribution in [0.4, 0.5) is 19.1 Å². The number of carbonyl (C=O) groups is 2. The lowest BCUT2D eigenvalue weighted by molar-refractivity contribution is -0.217. The number of para-hydroxylation sites is 1. The molecule has 2 N–H and O–H groups in total. The largest absolute Gasteiger partial charge is 0.440 e. The number of rotatable bonds is 5. The van der Waals surface area contributed by atoms with Gasteiger partial charge < -0.3 is 5.32 Å². The topological polar surface area (TPSA) is 76.0 Å². The molecule has 2 amide bonds. The average Bonchev–Trinajstić information content (AvgIpc) is 3.21. The van der Waals surface area contributed by atoms with Crippen molar-refractivity contribution in [1.29, 1.82) is 0 Å². The van der Waals surface area contributed by atoms with Gasteiger partial charge in [0.2, 0.25) is 11.9 Å². The summed E-state index contributed by atoms with van der Waals surface area (Å²) in [5, 5.41) is 4.11. The summed E-state index contributed by atoms with van der Waals surface area (Å²) in [5.74, 6) is 0.672. The molecule has 0 spiro atoms. The molecule has 1 unspecified atom stereocenters. The summed E-state index contributed by atoms with van der Waals surface area (Å²) in [7, 11) is -2.10. The number of imidazole rings is 1. The van der Waals surface area contributed by atoms with Crippen LogP contribution < -0.4 is 10.6 Å². The molecule has 0 saturated heterocycles. The maximum Gasteiger partial charge on any atom is 0.440 e. The van der Waals surface area contributed by atoms with Crippen LogP contribution in [0, 0.1) is 11.5 Å². The molecule has 0 aliphatic carbocycles. The van der Waals surface area contributed by atoms with Crippen LogP contribution in [-0.4, -0.2) is 35.6 Å². The normalized spacial score (nSPS) is 18.3. The zero-order chi connectivity index (χ0) is 25.6. The van der Waals surface area contributed by atoms with E-state index in [1.54, 1.807) is 12.1 Å². The van der Waals surface area contributed by atoms with Crippen molar-refractivity contribution >= 4 is 36.9 Å². The second kappa shape index (κ2) is 8.76. The van der Waals surface area contributed by atoms with Gasteiger partial charge in [-0.2, -0.15) is 13.2 Å². The van der Waals surface area contributed by atoms with Crippen LogP contribution in [0.5, 0.6) is 0 Å². The van der Waals surface area contributed by atoms with Crippen LogP contribution in [-0.2, 0) is 15.3 Å². The van der Waals surface area contributed by atoms with Gasteiger partial charge in [0.25, 0.3) is 11.6 Å². The van der Waals surface area contributed by atoms with Crippen LogP contribution in [0.15, 0.2) is 18.2 Å². The SMILES string of the molecule is CCC(=O)NC1(C(F)(F)F)C(=O)Nc2nc3c(C#C[Si](C(C)C)(C(C)C)C(C)C)cccc3n21. The van der Waals surface area contributed by atoms with E-state index in [0.717, 1.165) is 4.57 Å². The number of carbonyl (C=O) groups excluding carboxylic acids is 2. The quantitative estimate of drug-likeness (QED) is 0.439. The predicted octanol–water partition coefficient (Wildman–Crippen LogP) is 5.30. The molecule has 1 aromatic carbocycles. The molecule has 1 aliphatic heterocycles. The minimum Gasteiger partial charge on any atom is -0.317 e. The fraction of sp³-hybridized carbons (Fsp3) is 0.542. The third-order valence-corrected chi connectivity index (χ3v) is 13.2. The first-order valence-corrected chi connectivity index (χ1v) is 13.7. The molecule has 34 heavy (non-hydrogen) atoms. The second-order valence-electron chi connectivity index (χ2n) is 9.66. The maximum atomic E-state index is 14.4. The Labute approximate surface area is 198 Å². The highest BCUT2D eigenvalue weighted by Gasteiger charge is 2.67. The van der Waals surface area contributed by atoms with Gasteiger partial charge in [0.1, 0.15) is 13.6 Å². The molecule has 2 aromatic rings. The minimum absolute atomic E-state index is 0.0692. The van der Waals surface area contributed by atoms with Crippen molar-refractivity contribution in [2.24, 2.45) is 0 Å². The van der Waals surface area contributed by atoms with E-state index in [9.17, 15) is 22.8 Å². The molecule has 0 radical (unpaired) electrons. The number of hydrogen-bond acceptors (Lipinski definition) is 3. The van der Waals surface area contributed by atoms with Gasteiger partial charge in [0.15, 0.2) is 0 Å². The molecule has 184 valence electrons. The molecule has 1 aliphatic rings. The number of halogens is 3. The lowest BCUT2D eigenvalue weighted by atomic mass is 10.1. The Morgan fingerprint density at radius 2 is 1.76 bits per heavy atom. The molecule has 1 aromatic heterocycles. The van der Waals surface area contributed by atoms with Gasteiger partial charge in [-0.05, 0) is 28.8 Å². The number of hydrogen-bond donors (Lipinski definition) is 2. The standard InChI is InChI=1S/C24H31F3N4O2Si/c1-8-19(32)30-23(24(25,26)27)21(33)29-22-28-20-17(10-9-11-18(20)31(22)23)12-13-34(14(2)3,15(4)5)16(6)7/h9-11,14-16H,8H2,1-7H3,(H,30,32)(H,28,29,33). The summed E-state index contributed by atoms with van der Waals surface area (Å²) >= 11 is 0. The fourth-order valence-electron chi connectivity index (χ4n) is 5.25. The number of alkyl halides is 3. The van der Waals surface area contributed by atoms with Crippen molar-refractivity contribution < 1.29 is 22.8 Å². The van der Waals surface area contributed by atoms with Crippen molar-refractivity contribution in [3.63, 3.8) is 0 Å². The van der Waals surface area contributed by atoms with E-state index in [-0.39, 0.29) is 23.4 Å². The lowest BCUT2D eigenvalue weighted by Gasteiger charge is -2.38. The Morgan fingerprint density at radius 1 is 1.18 bits per heavy atom. The van der Waals surface area contributed by atoms with E-state index in [1.807, 2.05) is 5.32 Å². The molecule has 2 heterocycles. The van der Waals surface area contributed by atoms with Crippen LogP contribution in [0.25, 0.3) is 11.0 Å². The van der Waals surface area contributed by atoms with Crippen molar-refractivity contribution in [3.05, 3.63) is 23.8 Å². The van der Waals surface area contributed by atoms with E-state index >= 15 is 0 Å². The van der Waals surface area contributed by atoms with Gasteiger partial charge in [0.05, 0.1) is 11.1 Å². The third kappa shape index (κ3) is 3.70. The van der Waals surface area contributed by atoms with Crippen LogP contribution in [0.1, 0.15) is 60.5 Å². The number of amides is 2. The lowest BCUT2D eigenvalue weighted by Crippen LogP contribution is -2.63. The Bertz CT molecular complexity index is 1170. The van der Waals surface area contributed by atoms with E-state index in [2.05, 4.69) is 63.3 Å². The van der Waals surface area contributed by atoms with Gasteiger partial charge in [-0.15, -0.1) is 5.54 Å². The number of nitrogens with one attached hydrogen (secondary N) is 2. The predicted molar refractivity (Wildman–Crippen MR) is 129 cm³/mol. The molecule has 1 atom stereocenters. The fourth-order valence-corrected chi connectivity index (χ4v) is 10.5. The van der Waals surface area contributed by atoms with Crippen molar-refractivity contribution in [1.82, 2.24) is 14.9 Å². The Morgan fingerprint density at radius 3 is 2.26 bits per heavy atom. The van der Waals surface area contributed by atoms with E-state index in [4.69, 9.17) is 0 Å². The Hall–Kier alpha value is -2.80. The van der Waals surface area contributed by atoms with Crippen molar-refractivity contribution in [2.75, 3.05) is 5.32 Å². The summed E-state index contributed by atoms with van der Waals surface area (Å²) in [6, 6.07) is 4.77. The van der Waals surface area contributed by atoms with E-state index in [0.29, 0.717) is 22.2 Å². The maximum absolute atomic E-state index is 14.4. The molecular formula is C24H31F3N4O2Si. The first-order chi connectivity index (χ1) is 15.7. The molecule has 0 saturated carbocycles. The number of benzene rings is 1. The highest BCUT2D eigenvalue weighted by atomic mass is 28.3. The summed E-state index contributed by atoms with van der Waals surface area (Å²) in [6.45, 7) is 14.5. The number of anilines is 1. The summed E-state index contributed by atoms with van der Waals surface area (Å²) in [4.78, 5) is 29.0. The first-order valence-electron chi connectivity index (χ1n) is 11.5. The first kappa shape index (κ1) is 25.8. The van der Waals surface area contributed by atoms with Crippen LogP contribution in [0.2, 0.25) is 16.6 Å². The summed E-state index contributed by atoms with van der Waals surface area (Å²) in [5.41, 5.74) is 2.25. The Balaban J connectivity index is 2.28. The smallest absolute Gasteiger partial charge is 0.317 e. The zero-order valence-electron chi connectivity index (χ0n) is 20.5. The van der Waals surface area contributed by atoms with E-state index < -0.39 is 31.7 Å². The zero-order valence-corrected chi connectivity index (χ0v) is 21.5. The number of aromatic nitrogens is 2. The molecule has 6 nitrogen and oxygen atoms in total. The molecule has 0 bridgehead atoms. The van der Waals surface area contributed by atoms with Crippen molar-refractivity contribution in [2.45, 2.75) is 83.3 Å². The second-order valence-corrected chi connectivity index (χ2v) is 15.2. The summed E-state index contributed by atoms with van der Waals surface area (Å²) in [6.07, 6.45) is -5.31. The van der Waals surface area contributed by atoms with Gasteiger partial charge in [-0.1, -0.05) is 60.5 Å². The molecule has 3 rings (SSSR count). The van der Waals surface area contributed by atoms with E-state index in [1.165, 1.54) is 13.0 Å². The number of nitrogens with zero attached hydrogens (tertiary/aromatic N) is 2. The monoisotopic (exact) mass is 492 g/mol. The minimum atomic E-state index is -5.10. The average molecular weight is 493 g/mol. The molecule has 0 fully saturated rings. The Kier molecular flexibility index (Phi) is 6.65. The van der Waals surface area contributed by atoms with Gasteiger partial charge in [0, 0.05) is 6.42 Å². The molecular weight excluding hydrogens is 461 g/mol. The number of fused-ring (bicyclic) bond motifs is 3. The highest BCUT2D eigenvalue weighted by Crippen LogP contribution is 2.45. The van der Waals surface area contributed by atoms with Gasteiger partial charge in [-0.3, -0.25) is 19.5 Å². The van der Waals surface area contributed by atoms with Crippen LogP contribution >= 0.6 is 0 Å². The van der Waals surface area contributed by atoms with Crippen molar-refractivity contribution in [3.8, 4) is 11.5 Å². The third-order valence-electron chi connectivity index (χ3n) is 6.91.